The van der Waals surface area contributed by atoms with Gasteiger partial charge < -0.3 is 4.55 Å². The predicted octanol–water partition coefficient (Wildman–Crippen LogP) is -2.13. The van der Waals surface area contributed by atoms with Gasteiger partial charge in [0.2, 0.25) is 0 Å². The molecule has 0 saturated heterocycles. The number of hydrogen-bond donors (Lipinski definition) is 0. The Morgan fingerprint density at radius 3 is 1.82 bits per heavy atom. The van der Waals surface area contributed by atoms with Crippen LogP contribution < -0.4 is 51.4 Å². The molecular weight excluding hydrogens is 191 g/mol. The maximum Gasteiger partial charge on any atom is 1.00 e. The first-order chi connectivity index (χ1) is 4.61. The van der Waals surface area contributed by atoms with Gasteiger partial charge in [0, 0.05) is 5.25 Å². The molecule has 11 heavy (non-hydrogen) atoms. The molecule has 0 N–H and O–H groups in total. The van der Waals surface area contributed by atoms with Crippen molar-refractivity contribution in [2.75, 3.05) is 0 Å². The summed E-state index contributed by atoms with van der Waals surface area (Å²) >= 11 is 0. The zero-order chi connectivity index (χ0) is 7.61. The maximum absolute atomic E-state index is 10.4. The van der Waals surface area contributed by atoms with Crippen molar-refractivity contribution in [1.29, 1.82) is 0 Å². The number of rotatable bonds is 1. The third-order valence-electron chi connectivity index (χ3n) is 1.96. The van der Waals surface area contributed by atoms with Crippen molar-refractivity contribution in [2.45, 2.75) is 37.4 Å². The Morgan fingerprint density at radius 2 is 1.55 bits per heavy atom. The van der Waals surface area contributed by atoms with Gasteiger partial charge >= 0.3 is 51.4 Å². The fourth-order valence-electron chi connectivity index (χ4n) is 1.35. The first kappa shape index (κ1) is 12.5. The fraction of sp³-hybridized carbons (Fsp3) is 1.00. The number of hydrogen-bond acceptors (Lipinski definition) is 3. The molecule has 1 aliphatic rings. The molecule has 3 nitrogen and oxygen atoms in total. The van der Waals surface area contributed by atoms with Crippen LogP contribution in [0.4, 0.5) is 0 Å². The Hall–Kier alpha value is 1.55. The van der Waals surface area contributed by atoms with Crippen LogP contribution in [0, 0.1) is 0 Å². The van der Waals surface area contributed by atoms with Gasteiger partial charge in [-0.25, -0.2) is 8.42 Å². The van der Waals surface area contributed by atoms with Gasteiger partial charge in [-0.2, -0.15) is 0 Å². The van der Waals surface area contributed by atoms with E-state index in [4.69, 9.17) is 0 Å². The van der Waals surface area contributed by atoms with Crippen LogP contribution in [0.3, 0.4) is 0 Å². The third-order valence-corrected chi connectivity index (χ3v) is 3.25. The van der Waals surface area contributed by atoms with Gasteiger partial charge in [0.25, 0.3) is 0 Å². The van der Waals surface area contributed by atoms with Crippen LogP contribution in [-0.2, 0) is 10.1 Å². The fourth-order valence-corrected chi connectivity index (χ4v) is 2.26. The predicted molar refractivity (Wildman–Crippen MR) is 36.6 cm³/mol. The molecule has 0 spiro atoms. The van der Waals surface area contributed by atoms with Crippen molar-refractivity contribution in [3.05, 3.63) is 0 Å². The van der Waals surface area contributed by atoms with Crippen LogP contribution in [-0.4, -0.2) is 18.2 Å². The average Bonchev–Trinajstić information content (AvgIpc) is 1.88. The Bertz CT molecular complexity index is 194. The largest absolute Gasteiger partial charge is 1.00 e. The van der Waals surface area contributed by atoms with Gasteiger partial charge in [-0.05, 0) is 12.8 Å². The maximum atomic E-state index is 10.4. The van der Waals surface area contributed by atoms with Gasteiger partial charge in [0.05, 0.1) is 10.1 Å². The molecular formula is C6H11KO3S. The molecule has 0 aromatic heterocycles. The summed E-state index contributed by atoms with van der Waals surface area (Å²) in [6, 6.07) is 0. The van der Waals surface area contributed by atoms with Crippen LogP contribution in [0.1, 0.15) is 32.1 Å². The molecule has 1 rings (SSSR count). The molecule has 1 aliphatic carbocycles. The smallest absolute Gasteiger partial charge is 0.748 e. The molecule has 0 aliphatic heterocycles. The molecule has 1 fully saturated rings. The van der Waals surface area contributed by atoms with E-state index in [-0.39, 0.29) is 51.4 Å². The zero-order valence-corrected chi connectivity index (χ0v) is 10.7. The average molecular weight is 202 g/mol. The Kier molecular flexibility index (Phi) is 6.06. The van der Waals surface area contributed by atoms with Gasteiger partial charge in [-0.3, -0.25) is 0 Å². The molecule has 0 aromatic carbocycles. The van der Waals surface area contributed by atoms with Crippen LogP contribution in [0.2, 0.25) is 0 Å². The van der Waals surface area contributed by atoms with E-state index in [1.807, 2.05) is 0 Å². The second-order valence-electron chi connectivity index (χ2n) is 2.75. The molecule has 0 radical (unpaired) electrons. The molecule has 0 heterocycles. The molecule has 0 amide bonds. The van der Waals surface area contributed by atoms with E-state index in [1.54, 1.807) is 0 Å². The summed E-state index contributed by atoms with van der Waals surface area (Å²) in [6.45, 7) is 0. The zero-order valence-electron chi connectivity index (χ0n) is 6.75. The Morgan fingerprint density at radius 1 is 1.09 bits per heavy atom. The van der Waals surface area contributed by atoms with Crippen molar-refractivity contribution in [3.8, 4) is 0 Å². The molecule has 0 unspecified atom stereocenters. The summed E-state index contributed by atoms with van der Waals surface area (Å²) in [4.78, 5) is 0. The van der Waals surface area contributed by atoms with Gasteiger partial charge in [-0.15, -0.1) is 0 Å². The van der Waals surface area contributed by atoms with Crippen LogP contribution in [0.25, 0.3) is 0 Å². The minimum absolute atomic E-state index is 0. The van der Waals surface area contributed by atoms with Gasteiger partial charge in [0.15, 0.2) is 0 Å². The molecule has 1 saturated carbocycles. The summed E-state index contributed by atoms with van der Waals surface area (Å²) in [5.41, 5.74) is 0. The molecule has 0 bridgehead atoms. The second kappa shape index (κ2) is 5.31. The first-order valence-corrected chi connectivity index (χ1v) is 5.02. The minimum atomic E-state index is -3.98. The van der Waals surface area contributed by atoms with E-state index < -0.39 is 15.4 Å². The van der Waals surface area contributed by atoms with Crippen LogP contribution in [0.5, 0.6) is 0 Å². The Balaban J connectivity index is 0.000001000. The topological polar surface area (TPSA) is 57.2 Å². The molecule has 0 atom stereocenters. The summed E-state index contributed by atoms with van der Waals surface area (Å²) < 4.78 is 31.3. The minimum Gasteiger partial charge on any atom is -0.748 e. The summed E-state index contributed by atoms with van der Waals surface area (Å²) in [5, 5.41) is -0.582. The van der Waals surface area contributed by atoms with E-state index in [2.05, 4.69) is 0 Å². The third kappa shape index (κ3) is 4.35. The van der Waals surface area contributed by atoms with E-state index in [0.29, 0.717) is 12.8 Å². The van der Waals surface area contributed by atoms with E-state index in [9.17, 15) is 13.0 Å². The summed E-state index contributed by atoms with van der Waals surface area (Å²) in [7, 11) is -3.98. The van der Waals surface area contributed by atoms with Crippen molar-refractivity contribution in [1.82, 2.24) is 0 Å². The van der Waals surface area contributed by atoms with Gasteiger partial charge in [0.1, 0.15) is 0 Å². The molecule has 0 aromatic rings. The standard InChI is InChI=1S/C6H12O3S.K/c7-10(8,9)6-4-2-1-3-5-6;/h6H,1-5H2,(H,7,8,9);/q;+1/p-1. The van der Waals surface area contributed by atoms with E-state index >= 15 is 0 Å². The first-order valence-electron chi connectivity index (χ1n) is 3.55. The Labute approximate surface area is 110 Å². The normalized spacial score (nSPS) is 20.8. The van der Waals surface area contributed by atoms with Crippen molar-refractivity contribution >= 4 is 10.1 Å². The van der Waals surface area contributed by atoms with Crippen LogP contribution in [0.15, 0.2) is 0 Å². The summed E-state index contributed by atoms with van der Waals surface area (Å²) in [5.74, 6) is 0. The van der Waals surface area contributed by atoms with Crippen molar-refractivity contribution in [2.24, 2.45) is 0 Å². The van der Waals surface area contributed by atoms with Crippen LogP contribution >= 0.6 is 0 Å². The molecule has 5 heteroatoms. The quantitative estimate of drug-likeness (QED) is 0.360. The van der Waals surface area contributed by atoms with Crippen molar-refractivity contribution < 1.29 is 64.4 Å². The van der Waals surface area contributed by atoms with Gasteiger partial charge in [-0.1, -0.05) is 19.3 Å². The van der Waals surface area contributed by atoms with Crippen molar-refractivity contribution in [3.63, 3.8) is 0 Å². The molecule has 60 valence electrons. The van der Waals surface area contributed by atoms with E-state index in [0.717, 1.165) is 19.3 Å². The monoisotopic (exact) mass is 202 g/mol. The second-order valence-corrected chi connectivity index (χ2v) is 4.41. The summed E-state index contributed by atoms with van der Waals surface area (Å²) in [6.07, 6.45) is 4.02. The SMILES string of the molecule is O=S(=O)([O-])C1CCCCC1.[K+]. The van der Waals surface area contributed by atoms with E-state index in [1.165, 1.54) is 0 Å².